The number of carbonyl (C=O) groups excluding carboxylic acids is 2. The van der Waals surface area contributed by atoms with Crippen molar-refractivity contribution in [1.29, 1.82) is 0 Å². The van der Waals surface area contributed by atoms with Gasteiger partial charge in [0.2, 0.25) is 0 Å². The summed E-state index contributed by atoms with van der Waals surface area (Å²) in [5.41, 5.74) is 1.50. The number of nitrogens with zero attached hydrogens (tertiary/aromatic N) is 1. The molecule has 2 amide bonds. The average molecular weight is 374 g/mol. The van der Waals surface area contributed by atoms with Gasteiger partial charge in [-0.25, -0.2) is 4.79 Å². The lowest BCUT2D eigenvalue weighted by Crippen LogP contribution is -2.27. The van der Waals surface area contributed by atoms with Gasteiger partial charge in [-0.05, 0) is 47.2 Å². The Morgan fingerprint density at radius 3 is 2.44 bits per heavy atom. The SMILES string of the molecule is O=C(O)c1ccc(/C=C2/SC(=O)N(Cc3ccccc3Cl)C2=O)cc1. The Morgan fingerprint density at radius 1 is 1.12 bits per heavy atom. The van der Waals surface area contributed by atoms with E-state index in [0.717, 1.165) is 16.7 Å². The molecule has 0 radical (unpaired) electrons. The minimum atomic E-state index is -1.02. The van der Waals surface area contributed by atoms with E-state index in [1.165, 1.54) is 12.1 Å². The molecular formula is C18H12ClNO4S. The molecule has 0 aromatic heterocycles. The van der Waals surface area contributed by atoms with Gasteiger partial charge in [-0.3, -0.25) is 14.5 Å². The van der Waals surface area contributed by atoms with Gasteiger partial charge in [0, 0.05) is 5.02 Å². The first kappa shape index (κ1) is 17.3. The first-order chi connectivity index (χ1) is 12.0. The third kappa shape index (κ3) is 3.75. The molecule has 1 heterocycles. The Kier molecular flexibility index (Phi) is 4.92. The Labute approximate surface area is 152 Å². The molecule has 3 rings (SSSR count). The van der Waals surface area contributed by atoms with Crippen molar-refractivity contribution in [2.75, 3.05) is 0 Å². The highest BCUT2D eigenvalue weighted by Crippen LogP contribution is 2.34. The maximum absolute atomic E-state index is 12.5. The molecule has 5 nitrogen and oxygen atoms in total. The molecule has 1 aliphatic rings. The molecule has 0 aliphatic carbocycles. The topological polar surface area (TPSA) is 74.7 Å². The normalized spacial score (nSPS) is 15.9. The van der Waals surface area contributed by atoms with Crippen LogP contribution in [0.15, 0.2) is 53.4 Å². The van der Waals surface area contributed by atoms with E-state index in [9.17, 15) is 14.4 Å². The van der Waals surface area contributed by atoms with Crippen LogP contribution in [0.1, 0.15) is 21.5 Å². The number of rotatable bonds is 4. The van der Waals surface area contributed by atoms with Crippen molar-refractivity contribution in [2.24, 2.45) is 0 Å². The number of amides is 2. The zero-order chi connectivity index (χ0) is 18.0. The molecule has 7 heteroatoms. The van der Waals surface area contributed by atoms with E-state index in [-0.39, 0.29) is 17.3 Å². The third-order valence-electron chi connectivity index (χ3n) is 3.62. The number of imide groups is 1. The van der Waals surface area contributed by atoms with Gasteiger partial charge >= 0.3 is 5.97 Å². The fraction of sp³-hybridized carbons (Fsp3) is 0.0556. The maximum atomic E-state index is 12.5. The summed E-state index contributed by atoms with van der Waals surface area (Å²) in [5, 5.41) is 9.03. The molecule has 0 spiro atoms. The number of aromatic carboxylic acids is 1. The zero-order valence-corrected chi connectivity index (χ0v) is 14.4. The summed E-state index contributed by atoms with van der Waals surface area (Å²) in [5.74, 6) is -1.41. The number of hydrogen-bond donors (Lipinski definition) is 1. The highest BCUT2D eigenvalue weighted by Gasteiger charge is 2.35. The predicted octanol–water partition coefficient (Wildman–Crippen LogP) is 4.27. The van der Waals surface area contributed by atoms with E-state index in [4.69, 9.17) is 16.7 Å². The lowest BCUT2D eigenvalue weighted by molar-refractivity contribution is -0.123. The van der Waals surface area contributed by atoms with Gasteiger partial charge in [-0.1, -0.05) is 41.9 Å². The minimum Gasteiger partial charge on any atom is -0.478 e. The third-order valence-corrected chi connectivity index (χ3v) is 4.89. The number of carbonyl (C=O) groups is 3. The molecular weight excluding hydrogens is 362 g/mol. The van der Waals surface area contributed by atoms with Crippen LogP contribution in [-0.4, -0.2) is 27.1 Å². The average Bonchev–Trinajstić information content (AvgIpc) is 2.85. The van der Waals surface area contributed by atoms with Gasteiger partial charge in [0.05, 0.1) is 17.0 Å². The second-order valence-corrected chi connectivity index (χ2v) is 6.69. The van der Waals surface area contributed by atoms with Crippen LogP contribution in [-0.2, 0) is 11.3 Å². The highest BCUT2D eigenvalue weighted by molar-refractivity contribution is 8.18. The number of carboxylic acid groups (broad SMARTS) is 1. The number of thioether (sulfide) groups is 1. The van der Waals surface area contributed by atoms with Crippen LogP contribution in [0.4, 0.5) is 4.79 Å². The van der Waals surface area contributed by atoms with E-state index in [0.29, 0.717) is 21.1 Å². The van der Waals surface area contributed by atoms with Crippen LogP contribution in [0, 0.1) is 0 Å². The second-order valence-electron chi connectivity index (χ2n) is 5.29. The quantitative estimate of drug-likeness (QED) is 0.810. The summed E-state index contributed by atoms with van der Waals surface area (Å²) < 4.78 is 0. The predicted molar refractivity (Wildman–Crippen MR) is 96.4 cm³/mol. The molecule has 2 aromatic carbocycles. The summed E-state index contributed by atoms with van der Waals surface area (Å²) in [7, 11) is 0. The van der Waals surface area contributed by atoms with Crippen molar-refractivity contribution in [2.45, 2.75) is 6.54 Å². The second kappa shape index (κ2) is 7.13. The Morgan fingerprint density at radius 2 is 1.80 bits per heavy atom. The Hall–Kier alpha value is -2.57. The summed E-state index contributed by atoms with van der Waals surface area (Å²) in [6.45, 7) is 0.111. The molecule has 2 aromatic rings. The van der Waals surface area contributed by atoms with Crippen LogP contribution >= 0.6 is 23.4 Å². The van der Waals surface area contributed by atoms with Crippen molar-refractivity contribution < 1.29 is 19.5 Å². The fourth-order valence-corrected chi connectivity index (χ4v) is 3.34. The van der Waals surface area contributed by atoms with Crippen LogP contribution < -0.4 is 0 Å². The van der Waals surface area contributed by atoms with Crippen molar-refractivity contribution in [1.82, 2.24) is 4.90 Å². The Balaban J connectivity index is 1.81. The van der Waals surface area contributed by atoms with E-state index in [1.54, 1.807) is 42.5 Å². The first-order valence-electron chi connectivity index (χ1n) is 7.28. The summed E-state index contributed by atoms with van der Waals surface area (Å²) in [4.78, 5) is 36.9. The maximum Gasteiger partial charge on any atom is 0.335 e. The summed E-state index contributed by atoms with van der Waals surface area (Å²) >= 11 is 6.94. The van der Waals surface area contributed by atoms with Crippen LogP contribution in [0.3, 0.4) is 0 Å². The largest absolute Gasteiger partial charge is 0.478 e. The van der Waals surface area contributed by atoms with Gasteiger partial charge in [-0.15, -0.1) is 0 Å². The molecule has 0 atom stereocenters. The number of carboxylic acids is 1. The summed E-state index contributed by atoms with van der Waals surface area (Å²) in [6, 6.07) is 13.1. The van der Waals surface area contributed by atoms with Gasteiger partial charge < -0.3 is 5.11 Å². The fourth-order valence-electron chi connectivity index (χ4n) is 2.31. The Bertz CT molecular complexity index is 892. The van der Waals surface area contributed by atoms with E-state index >= 15 is 0 Å². The van der Waals surface area contributed by atoms with Gasteiger partial charge in [-0.2, -0.15) is 0 Å². The molecule has 1 N–H and O–H groups in total. The minimum absolute atomic E-state index is 0.111. The van der Waals surface area contributed by atoms with Crippen molar-refractivity contribution in [3.8, 4) is 0 Å². The molecule has 0 unspecified atom stereocenters. The standard InChI is InChI=1S/C18H12ClNO4S/c19-14-4-2-1-3-13(14)10-20-16(21)15(25-18(20)24)9-11-5-7-12(8-6-11)17(22)23/h1-9H,10H2,(H,22,23)/b15-9+. The smallest absolute Gasteiger partial charge is 0.335 e. The monoisotopic (exact) mass is 373 g/mol. The van der Waals surface area contributed by atoms with E-state index in [1.807, 2.05) is 0 Å². The molecule has 1 fully saturated rings. The summed E-state index contributed by atoms with van der Waals surface area (Å²) in [6.07, 6.45) is 1.57. The van der Waals surface area contributed by atoms with Crippen LogP contribution in [0.2, 0.25) is 5.02 Å². The first-order valence-corrected chi connectivity index (χ1v) is 8.47. The number of hydrogen-bond acceptors (Lipinski definition) is 4. The molecule has 1 saturated heterocycles. The van der Waals surface area contributed by atoms with Gasteiger partial charge in [0.1, 0.15) is 0 Å². The molecule has 0 bridgehead atoms. The molecule has 0 saturated carbocycles. The number of benzene rings is 2. The van der Waals surface area contributed by atoms with Crippen LogP contribution in [0.5, 0.6) is 0 Å². The van der Waals surface area contributed by atoms with Crippen molar-refractivity contribution in [3.05, 3.63) is 75.1 Å². The lowest BCUT2D eigenvalue weighted by Gasteiger charge is -2.13. The van der Waals surface area contributed by atoms with Gasteiger partial charge in [0.15, 0.2) is 0 Å². The zero-order valence-electron chi connectivity index (χ0n) is 12.8. The highest BCUT2D eigenvalue weighted by atomic mass is 35.5. The number of halogens is 1. The molecule has 126 valence electrons. The van der Waals surface area contributed by atoms with Crippen molar-refractivity contribution in [3.63, 3.8) is 0 Å². The van der Waals surface area contributed by atoms with E-state index in [2.05, 4.69) is 0 Å². The molecule has 25 heavy (non-hydrogen) atoms. The molecule has 1 aliphatic heterocycles. The van der Waals surface area contributed by atoms with Crippen LogP contribution in [0.25, 0.3) is 6.08 Å². The van der Waals surface area contributed by atoms with E-state index < -0.39 is 11.9 Å². The lowest BCUT2D eigenvalue weighted by atomic mass is 10.1. The van der Waals surface area contributed by atoms with Crippen molar-refractivity contribution >= 4 is 46.6 Å². The van der Waals surface area contributed by atoms with Gasteiger partial charge in [0.25, 0.3) is 11.1 Å².